The van der Waals surface area contributed by atoms with Crippen LogP contribution in [0.5, 0.6) is 0 Å². The summed E-state index contributed by atoms with van der Waals surface area (Å²) in [6.45, 7) is 1.14. The van der Waals surface area contributed by atoms with Gasteiger partial charge in [-0.15, -0.1) is 0 Å². The highest BCUT2D eigenvalue weighted by molar-refractivity contribution is 9.10. The maximum atomic E-state index is 11.5. The molecule has 0 aromatic heterocycles. The molecule has 6 nitrogen and oxygen atoms in total. The Labute approximate surface area is 112 Å². The van der Waals surface area contributed by atoms with Gasteiger partial charge in [-0.05, 0) is 24.6 Å². The maximum absolute atomic E-state index is 11.5. The normalized spacial score (nSPS) is 11.7. The van der Waals surface area contributed by atoms with E-state index in [2.05, 4.69) is 26.6 Å². The molecule has 0 saturated heterocycles. The Morgan fingerprint density at radius 1 is 1.44 bits per heavy atom. The largest absolute Gasteiger partial charge is 0.480 e. The molecule has 7 heteroatoms. The van der Waals surface area contributed by atoms with Crippen LogP contribution >= 0.6 is 15.9 Å². The molecule has 0 saturated carbocycles. The Hall–Kier alpha value is -1.60. The van der Waals surface area contributed by atoms with E-state index in [9.17, 15) is 9.59 Å². The second-order valence-electron chi connectivity index (χ2n) is 3.58. The van der Waals surface area contributed by atoms with Crippen LogP contribution in [0, 0.1) is 6.92 Å². The summed E-state index contributed by atoms with van der Waals surface area (Å²) in [5, 5.41) is 22.1. The predicted molar refractivity (Wildman–Crippen MR) is 69.5 cm³/mol. The van der Waals surface area contributed by atoms with Gasteiger partial charge in [-0.3, -0.25) is 0 Å². The standard InChI is InChI=1S/C11H13BrN2O4/c1-6-7(12)3-2-4-8(6)13-11(18)14-9(5-15)10(16)17/h2-4,9,15H,5H2,1H3,(H,16,17)(H2,13,14,18). The van der Waals surface area contributed by atoms with Crippen LogP contribution in [-0.4, -0.2) is 34.9 Å². The molecule has 0 aliphatic carbocycles. The molecular weight excluding hydrogens is 304 g/mol. The lowest BCUT2D eigenvalue weighted by Gasteiger charge is -2.14. The van der Waals surface area contributed by atoms with E-state index in [1.54, 1.807) is 19.1 Å². The summed E-state index contributed by atoms with van der Waals surface area (Å²) >= 11 is 3.32. The smallest absolute Gasteiger partial charge is 0.328 e. The molecule has 1 rings (SSSR count). The minimum Gasteiger partial charge on any atom is -0.480 e. The van der Waals surface area contributed by atoms with E-state index >= 15 is 0 Å². The first-order valence-corrected chi connectivity index (χ1v) is 5.91. The topological polar surface area (TPSA) is 98.7 Å². The number of carbonyl (C=O) groups is 2. The molecule has 98 valence electrons. The molecule has 1 aromatic rings. The van der Waals surface area contributed by atoms with Crippen molar-refractivity contribution in [3.63, 3.8) is 0 Å². The number of hydrogen-bond donors (Lipinski definition) is 4. The van der Waals surface area contributed by atoms with Crippen LogP contribution in [0.25, 0.3) is 0 Å². The minimum absolute atomic E-state index is 0.559. The third-order valence-corrected chi connectivity index (χ3v) is 3.16. The van der Waals surface area contributed by atoms with E-state index < -0.39 is 24.6 Å². The highest BCUT2D eigenvalue weighted by Gasteiger charge is 2.18. The van der Waals surface area contributed by atoms with Crippen molar-refractivity contribution in [3.8, 4) is 0 Å². The molecule has 4 N–H and O–H groups in total. The number of benzene rings is 1. The Kier molecular flexibility index (Phi) is 5.11. The average molecular weight is 317 g/mol. The number of carboxylic acid groups (broad SMARTS) is 1. The number of halogens is 1. The fourth-order valence-corrected chi connectivity index (χ4v) is 1.61. The second kappa shape index (κ2) is 6.36. The van der Waals surface area contributed by atoms with Gasteiger partial charge in [0.05, 0.1) is 6.61 Å². The van der Waals surface area contributed by atoms with Crippen LogP contribution in [-0.2, 0) is 4.79 Å². The molecule has 0 heterocycles. The lowest BCUT2D eigenvalue weighted by Crippen LogP contribution is -2.45. The molecule has 0 fully saturated rings. The second-order valence-corrected chi connectivity index (χ2v) is 4.44. The third-order valence-electron chi connectivity index (χ3n) is 2.30. The van der Waals surface area contributed by atoms with Gasteiger partial charge in [-0.1, -0.05) is 22.0 Å². The molecule has 1 aromatic carbocycles. The van der Waals surface area contributed by atoms with Gasteiger partial charge in [0.2, 0.25) is 0 Å². The van der Waals surface area contributed by atoms with Crippen molar-refractivity contribution >= 4 is 33.6 Å². The number of aliphatic hydroxyl groups is 1. The molecular formula is C11H13BrN2O4. The van der Waals surface area contributed by atoms with Gasteiger partial charge in [0.1, 0.15) is 0 Å². The fourth-order valence-electron chi connectivity index (χ4n) is 1.25. The number of anilines is 1. The van der Waals surface area contributed by atoms with Crippen LogP contribution < -0.4 is 10.6 Å². The first kappa shape index (κ1) is 14.5. The number of urea groups is 1. The first-order valence-electron chi connectivity index (χ1n) is 5.12. The van der Waals surface area contributed by atoms with Crippen LogP contribution in [0.15, 0.2) is 22.7 Å². The van der Waals surface area contributed by atoms with Crippen LogP contribution in [0.3, 0.4) is 0 Å². The molecule has 1 unspecified atom stereocenters. The van der Waals surface area contributed by atoms with Crippen molar-refractivity contribution in [2.45, 2.75) is 13.0 Å². The van der Waals surface area contributed by atoms with Crippen LogP contribution in [0.1, 0.15) is 5.56 Å². The number of aliphatic carboxylic acids is 1. The van der Waals surface area contributed by atoms with Crippen molar-refractivity contribution < 1.29 is 19.8 Å². The summed E-state index contributed by atoms with van der Waals surface area (Å²) in [6, 6.07) is 3.25. The lowest BCUT2D eigenvalue weighted by molar-refractivity contribution is -0.140. The van der Waals surface area contributed by atoms with Gasteiger partial charge >= 0.3 is 12.0 Å². The highest BCUT2D eigenvalue weighted by Crippen LogP contribution is 2.23. The molecule has 0 bridgehead atoms. The monoisotopic (exact) mass is 316 g/mol. The average Bonchev–Trinajstić information content (AvgIpc) is 2.31. The molecule has 0 spiro atoms. The fraction of sp³-hybridized carbons (Fsp3) is 0.273. The van der Waals surface area contributed by atoms with Gasteiger partial charge < -0.3 is 20.8 Å². The van der Waals surface area contributed by atoms with Crippen molar-refractivity contribution in [2.75, 3.05) is 11.9 Å². The van der Waals surface area contributed by atoms with Gasteiger partial charge in [0.25, 0.3) is 0 Å². The van der Waals surface area contributed by atoms with Crippen LogP contribution in [0.4, 0.5) is 10.5 Å². The number of nitrogens with one attached hydrogen (secondary N) is 2. The minimum atomic E-state index is -1.32. The summed E-state index contributed by atoms with van der Waals surface area (Å²) in [5.41, 5.74) is 1.38. The summed E-state index contributed by atoms with van der Waals surface area (Å²) in [6.07, 6.45) is 0. The Morgan fingerprint density at radius 2 is 2.11 bits per heavy atom. The summed E-state index contributed by atoms with van der Waals surface area (Å²) in [7, 11) is 0. The highest BCUT2D eigenvalue weighted by atomic mass is 79.9. The maximum Gasteiger partial charge on any atom is 0.328 e. The summed E-state index contributed by atoms with van der Waals surface area (Å²) < 4.78 is 0.831. The Bertz CT molecular complexity index is 464. The zero-order valence-corrected chi connectivity index (χ0v) is 11.2. The molecule has 1 atom stereocenters. The molecule has 2 amide bonds. The van der Waals surface area contributed by atoms with E-state index in [1.807, 2.05) is 6.07 Å². The zero-order chi connectivity index (χ0) is 13.7. The van der Waals surface area contributed by atoms with Gasteiger partial charge in [0.15, 0.2) is 6.04 Å². The van der Waals surface area contributed by atoms with Crippen LogP contribution in [0.2, 0.25) is 0 Å². The Morgan fingerprint density at radius 3 is 2.67 bits per heavy atom. The predicted octanol–water partition coefficient (Wildman–Crippen LogP) is 1.32. The molecule has 0 aliphatic rings. The zero-order valence-electron chi connectivity index (χ0n) is 9.61. The van der Waals surface area contributed by atoms with Crippen molar-refractivity contribution in [1.29, 1.82) is 0 Å². The number of hydrogen-bond acceptors (Lipinski definition) is 3. The SMILES string of the molecule is Cc1c(Br)cccc1NC(=O)NC(CO)C(=O)O. The quantitative estimate of drug-likeness (QED) is 0.673. The van der Waals surface area contributed by atoms with Crippen molar-refractivity contribution in [2.24, 2.45) is 0 Å². The number of rotatable bonds is 4. The third kappa shape index (κ3) is 3.71. The molecule has 0 aliphatic heterocycles. The van der Waals surface area contributed by atoms with E-state index in [0.717, 1.165) is 10.0 Å². The number of aliphatic hydroxyl groups excluding tert-OH is 1. The van der Waals surface area contributed by atoms with E-state index in [-0.39, 0.29) is 0 Å². The summed E-state index contributed by atoms with van der Waals surface area (Å²) in [5.74, 6) is -1.29. The van der Waals surface area contributed by atoms with E-state index in [1.165, 1.54) is 0 Å². The van der Waals surface area contributed by atoms with E-state index in [4.69, 9.17) is 10.2 Å². The van der Waals surface area contributed by atoms with Gasteiger partial charge in [0, 0.05) is 10.2 Å². The molecule has 18 heavy (non-hydrogen) atoms. The number of amides is 2. The Balaban J connectivity index is 2.70. The number of carboxylic acids is 1. The van der Waals surface area contributed by atoms with Gasteiger partial charge in [-0.2, -0.15) is 0 Å². The number of carbonyl (C=O) groups excluding carboxylic acids is 1. The lowest BCUT2D eigenvalue weighted by atomic mass is 10.2. The van der Waals surface area contributed by atoms with Crippen molar-refractivity contribution in [3.05, 3.63) is 28.2 Å². The van der Waals surface area contributed by atoms with Gasteiger partial charge in [-0.25, -0.2) is 9.59 Å². The van der Waals surface area contributed by atoms with E-state index in [0.29, 0.717) is 5.69 Å². The molecule has 0 radical (unpaired) electrons. The first-order chi connectivity index (χ1) is 8.45. The summed E-state index contributed by atoms with van der Waals surface area (Å²) in [4.78, 5) is 22.2. The van der Waals surface area contributed by atoms with Crippen molar-refractivity contribution in [1.82, 2.24) is 5.32 Å².